The Morgan fingerprint density at radius 3 is 2.77 bits per heavy atom. The van der Waals surface area contributed by atoms with E-state index < -0.39 is 0 Å². The first-order valence-electron chi connectivity index (χ1n) is 4.63. The molecule has 1 saturated heterocycles. The van der Waals surface area contributed by atoms with Crippen molar-refractivity contribution in [2.75, 3.05) is 0 Å². The summed E-state index contributed by atoms with van der Waals surface area (Å²) in [6.07, 6.45) is 2.66. The molecule has 2 heteroatoms. The quantitative estimate of drug-likeness (QED) is 0.608. The lowest BCUT2D eigenvalue weighted by molar-refractivity contribution is -0.120. The maximum atomic E-state index is 11.3. The molecule has 70 valence electrons. The topological polar surface area (TPSA) is 29.1 Å². The van der Waals surface area contributed by atoms with Crippen LogP contribution in [0.15, 0.2) is 23.8 Å². The average Bonchev–Trinajstić information content (AvgIpc) is 2.43. The van der Waals surface area contributed by atoms with Gasteiger partial charge in [-0.2, -0.15) is 0 Å². The highest BCUT2D eigenvalue weighted by Crippen LogP contribution is 2.69. The third kappa shape index (κ3) is 0.679. The summed E-state index contributed by atoms with van der Waals surface area (Å²) in [5.41, 5.74) is 2.22. The number of rotatable bonds is 1. The van der Waals surface area contributed by atoms with Gasteiger partial charge in [0.15, 0.2) is 0 Å². The fourth-order valence-corrected chi connectivity index (χ4v) is 2.73. The Kier molecular flexibility index (Phi) is 1.35. The molecule has 1 heterocycles. The predicted molar refractivity (Wildman–Crippen MR) is 52.2 cm³/mol. The number of piperidine rings is 1. The summed E-state index contributed by atoms with van der Waals surface area (Å²) in [5, 5.41) is 2.99. The first kappa shape index (κ1) is 8.54. The molecule has 13 heavy (non-hydrogen) atoms. The lowest BCUT2D eigenvalue weighted by Gasteiger charge is -2.11. The molecular weight excluding hydrogens is 162 g/mol. The Balaban J connectivity index is 2.46. The van der Waals surface area contributed by atoms with Crippen LogP contribution in [0.5, 0.6) is 0 Å². The van der Waals surface area contributed by atoms with E-state index in [4.69, 9.17) is 0 Å². The van der Waals surface area contributed by atoms with E-state index >= 15 is 0 Å². The lowest BCUT2D eigenvalue weighted by atomic mass is 9.90. The normalized spacial score (nSPS) is 43.2. The summed E-state index contributed by atoms with van der Waals surface area (Å²) >= 11 is 0. The second-order valence-electron chi connectivity index (χ2n) is 4.21. The zero-order chi connectivity index (χ0) is 9.85. The molecule has 0 aromatic carbocycles. The molecule has 1 aliphatic carbocycles. The van der Waals surface area contributed by atoms with E-state index in [1.54, 1.807) is 0 Å². The van der Waals surface area contributed by atoms with Gasteiger partial charge in [0.05, 0.1) is 5.54 Å². The van der Waals surface area contributed by atoms with Crippen molar-refractivity contribution in [1.29, 1.82) is 0 Å². The minimum Gasteiger partial charge on any atom is -0.346 e. The molecule has 0 aromatic rings. The largest absolute Gasteiger partial charge is 0.346 e. The summed E-state index contributed by atoms with van der Waals surface area (Å²) < 4.78 is 0. The molecule has 2 atom stereocenters. The van der Waals surface area contributed by atoms with Crippen molar-refractivity contribution in [2.24, 2.45) is 5.41 Å². The van der Waals surface area contributed by atoms with Crippen molar-refractivity contribution in [3.8, 4) is 0 Å². The molecule has 2 nitrogen and oxygen atoms in total. The van der Waals surface area contributed by atoms with Crippen molar-refractivity contribution in [3.63, 3.8) is 0 Å². The second kappa shape index (κ2) is 2.06. The summed E-state index contributed by atoms with van der Waals surface area (Å²) in [6, 6.07) is 0. The molecule has 2 rings (SSSR count). The Morgan fingerprint density at radius 2 is 2.31 bits per heavy atom. The number of hydrogen-bond donors (Lipinski definition) is 1. The van der Waals surface area contributed by atoms with Crippen LogP contribution in [0.2, 0.25) is 0 Å². The fourth-order valence-electron chi connectivity index (χ4n) is 2.73. The highest BCUT2D eigenvalue weighted by molar-refractivity contribution is 5.89. The summed E-state index contributed by atoms with van der Waals surface area (Å²) in [6.45, 7) is 10.2. The molecular formula is C11H15NO. The average molecular weight is 177 g/mol. The van der Waals surface area contributed by atoms with Crippen LogP contribution < -0.4 is 5.32 Å². The van der Waals surface area contributed by atoms with Gasteiger partial charge in [0.25, 0.3) is 0 Å². The molecule has 2 aliphatic rings. The van der Waals surface area contributed by atoms with E-state index in [0.717, 1.165) is 5.57 Å². The highest BCUT2D eigenvalue weighted by atomic mass is 16.2. The van der Waals surface area contributed by atoms with Crippen LogP contribution in [-0.4, -0.2) is 11.4 Å². The zero-order valence-electron chi connectivity index (χ0n) is 8.40. The van der Waals surface area contributed by atoms with E-state index in [1.807, 2.05) is 6.92 Å². The van der Waals surface area contributed by atoms with Gasteiger partial charge in [-0.1, -0.05) is 18.2 Å². The van der Waals surface area contributed by atoms with E-state index in [1.165, 1.54) is 5.57 Å². The fraction of sp³-hybridized carbons (Fsp3) is 0.545. The number of hydrogen-bond acceptors (Lipinski definition) is 1. The van der Waals surface area contributed by atoms with Gasteiger partial charge in [-0.05, 0) is 26.3 Å². The van der Waals surface area contributed by atoms with Crippen molar-refractivity contribution in [3.05, 3.63) is 23.8 Å². The number of amides is 1. The van der Waals surface area contributed by atoms with Crippen molar-refractivity contribution >= 4 is 5.91 Å². The smallest absolute Gasteiger partial charge is 0.222 e. The van der Waals surface area contributed by atoms with E-state index in [2.05, 4.69) is 31.8 Å². The molecule has 1 amide bonds. The molecule has 0 spiro atoms. The monoisotopic (exact) mass is 177 g/mol. The van der Waals surface area contributed by atoms with Gasteiger partial charge in [0.1, 0.15) is 0 Å². The van der Waals surface area contributed by atoms with Gasteiger partial charge in [0.2, 0.25) is 5.91 Å². The Morgan fingerprint density at radius 1 is 1.69 bits per heavy atom. The van der Waals surface area contributed by atoms with Crippen LogP contribution in [0.1, 0.15) is 27.2 Å². The molecule has 0 bridgehead atoms. The highest BCUT2D eigenvalue weighted by Gasteiger charge is 2.74. The van der Waals surface area contributed by atoms with Crippen molar-refractivity contribution < 1.29 is 4.79 Å². The number of carbonyl (C=O) groups is 1. The van der Waals surface area contributed by atoms with Crippen LogP contribution in [0.25, 0.3) is 0 Å². The van der Waals surface area contributed by atoms with Gasteiger partial charge in [-0.3, -0.25) is 4.79 Å². The zero-order valence-corrected chi connectivity index (χ0v) is 8.40. The summed E-state index contributed by atoms with van der Waals surface area (Å²) in [4.78, 5) is 11.3. The van der Waals surface area contributed by atoms with E-state index in [0.29, 0.717) is 6.42 Å². The number of allylic oxidation sites excluding steroid dienone is 1. The molecule has 1 N–H and O–H groups in total. The number of nitrogens with one attached hydrogen (secondary N) is 1. The Hall–Kier alpha value is -1.05. The first-order valence-corrected chi connectivity index (χ1v) is 4.63. The summed E-state index contributed by atoms with van der Waals surface area (Å²) in [5.74, 6) is 0.149. The third-order valence-corrected chi connectivity index (χ3v) is 3.83. The molecule has 1 aliphatic heterocycles. The SMILES string of the molecule is C=C1[C@]2(C)NC(=O)C[C@]12/C(C)=C/C. The third-order valence-electron chi connectivity index (χ3n) is 3.83. The van der Waals surface area contributed by atoms with E-state index in [-0.39, 0.29) is 16.9 Å². The van der Waals surface area contributed by atoms with Gasteiger partial charge < -0.3 is 5.32 Å². The molecule has 0 aromatic heterocycles. The standard InChI is InChI=1S/C11H15NO/c1-5-7(2)11-6-9(13)12-10(11,4)8(11)3/h5H,3,6H2,1-2,4H3,(H,12,13)/b7-5+/t10-,11-/m0/s1. The van der Waals surface area contributed by atoms with Gasteiger partial charge >= 0.3 is 0 Å². The van der Waals surface area contributed by atoms with Crippen LogP contribution in [0.3, 0.4) is 0 Å². The molecule has 0 radical (unpaired) electrons. The lowest BCUT2D eigenvalue weighted by Crippen LogP contribution is -2.29. The van der Waals surface area contributed by atoms with Gasteiger partial charge in [-0.15, -0.1) is 0 Å². The maximum absolute atomic E-state index is 11.3. The van der Waals surface area contributed by atoms with Crippen molar-refractivity contribution in [2.45, 2.75) is 32.7 Å². The number of fused-ring (bicyclic) bond motifs is 1. The molecule has 2 fully saturated rings. The van der Waals surface area contributed by atoms with Crippen LogP contribution in [0, 0.1) is 5.41 Å². The van der Waals surface area contributed by atoms with Crippen molar-refractivity contribution in [1.82, 2.24) is 5.32 Å². The first-order chi connectivity index (χ1) is 5.99. The summed E-state index contributed by atoms with van der Waals surface area (Å²) in [7, 11) is 0. The minimum absolute atomic E-state index is 0.0567. The van der Waals surface area contributed by atoms with Crippen LogP contribution in [-0.2, 0) is 4.79 Å². The Bertz CT molecular complexity index is 342. The van der Waals surface area contributed by atoms with Gasteiger partial charge in [0, 0.05) is 11.8 Å². The second-order valence-corrected chi connectivity index (χ2v) is 4.21. The van der Waals surface area contributed by atoms with E-state index in [9.17, 15) is 4.79 Å². The predicted octanol–water partition coefficient (Wildman–Crippen LogP) is 1.79. The molecule has 1 saturated carbocycles. The van der Waals surface area contributed by atoms with Gasteiger partial charge in [-0.25, -0.2) is 0 Å². The minimum atomic E-state index is -0.152. The van der Waals surface area contributed by atoms with Crippen LogP contribution in [0.4, 0.5) is 0 Å². The Labute approximate surface area is 78.7 Å². The van der Waals surface area contributed by atoms with Crippen LogP contribution >= 0.6 is 0 Å². The number of carbonyl (C=O) groups excluding carboxylic acids is 1. The molecule has 0 unspecified atom stereocenters. The maximum Gasteiger partial charge on any atom is 0.222 e.